The van der Waals surface area contributed by atoms with Gasteiger partial charge in [0.25, 0.3) is 0 Å². The summed E-state index contributed by atoms with van der Waals surface area (Å²) in [6.45, 7) is 7.86. The number of rotatable bonds is 3. The molecule has 0 saturated heterocycles. The van der Waals surface area contributed by atoms with Crippen molar-refractivity contribution < 1.29 is 4.42 Å². The van der Waals surface area contributed by atoms with Gasteiger partial charge in [-0.3, -0.25) is 0 Å². The zero-order chi connectivity index (χ0) is 34.2. The van der Waals surface area contributed by atoms with Crippen molar-refractivity contribution in [3.63, 3.8) is 0 Å². The van der Waals surface area contributed by atoms with Gasteiger partial charge in [0.15, 0.2) is 5.69 Å². The molecule has 0 unspecified atom stereocenters. The molecule has 0 amide bonds. The highest BCUT2D eigenvalue weighted by atomic mass is 16.3. The molecule has 0 spiro atoms. The maximum Gasteiger partial charge on any atom is 0.189 e. The van der Waals surface area contributed by atoms with Gasteiger partial charge in [-0.1, -0.05) is 84.9 Å². The highest BCUT2D eigenvalue weighted by Crippen LogP contribution is 2.43. The lowest BCUT2D eigenvalue weighted by Crippen LogP contribution is -2.02. The fourth-order valence-electron chi connectivity index (χ4n) is 7.88. The Balaban J connectivity index is 1.30. The second-order valence-electron chi connectivity index (χ2n) is 12.6. The minimum absolute atomic E-state index is 0.414. The molecule has 0 N–H and O–H groups in total. The number of benzene rings is 7. The van der Waals surface area contributed by atoms with Crippen LogP contribution in [0.15, 0.2) is 144 Å². The number of para-hydroxylation sites is 4. The molecule has 3 heterocycles. The second-order valence-corrected chi connectivity index (χ2v) is 12.6. The molecule has 51 heavy (non-hydrogen) atoms. The third-order valence-electron chi connectivity index (χ3n) is 10.0. The molecule has 0 radical (unpaired) electrons. The van der Waals surface area contributed by atoms with E-state index < -0.39 is 0 Å². The van der Waals surface area contributed by atoms with Gasteiger partial charge in [0, 0.05) is 43.7 Å². The molecule has 0 aliphatic carbocycles. The lowest BCUT2D eigenvalue weighted by Gasteiger charge is -2.18. The Labute approximate surface area is 291 Å². The standard InChI is InChI=1S/C45H23N5O/c1-48-29-18-19-33(41(24-29)49-37-14-6-2-10-30(37)31-11-3-7-15-38(31)49)36-22-28(26-47)40(23-27(36)25-46)50-39-16-8-4-12-32(39)34-20-21-43-44(45(34)50)35-13-5-9-17-42(35)51-43/h2-24H. The van der Waals surface area contributed by atoms with Gasteiger partial charge in [-0.15, -0.1) is 0 Å². The van der Waals surface area contributed by atoms with E-state index in [0.717, 1.165) is 76.8 Å². The largest absolute Gasteiger partial charge is 0.456 e. The predicted molar refractivity (Wildman–Crippen MR) is 204 cm³/mol. The van der Waals surface area contributed by atoms with E-state index in [4.69, 9.17) is 11.0 Å². The van der Waals surface area contributed by atoms with Gasteiger partial charge in [0.2, 0.25) is 0 Å². The summed E-state index contributed by atoms with van der Waals surface area (Å²) < 4.78 is 10.6. The van der Waals surface area contributed by atoms with E-state index >= 15 is 0 Å². The lowest BCUT2D eigenvalue weighted by molar-refractivity contribution is 0.669. The van der Waals surface area contributed by atoms with E-state index in [9.17, 15) is 10.5 Å². The number of hydrogen-bond donors (Lipinski definition) is 0. The number of fused-ring (bicyclic) bond motifs is 10. The monoisotopic (exact) mass is 649 g/mol. The molecule has 0 fully saturated rings. The highest BCUT2D eigenvalue weighted by molar-refractivity contribution is 6.24. The maximum absolute atomic E-state index is 10.8. The first-order valence-corrected chi connectivity index (χ1v) is 16.5. The Bertz CT molecular complexity index is 3190. The maximum atomic E-state index is 10.8. The minimum Gasteiger partial charge on any atom is -0.456 e. The van der Waals surface area contributed by atoms with Crippen molar-refractivity contribution >= 4 is 71.2 Å². The third-order valence-corrected chi connectivity index (χ3v) is 10.0. The molecule has 0 bridgehead atoms. The molecular weight excluding hydrogens is 627 g/mol. The topological polar surface area (TPSA) is 74.9 Å². The first-order chi connectivity index (χ1) is 25.2. The highest BCUT2D eigenvalue weighted by Gasteiger charge is 2.24. The van der Waals surface area contributed by atoms with Crippen LogP contribution >= 0.6 is 0 Å². The summed E-state index contributed by atoms with van der Waals surface area (Å²) in [5, 5.41) is 27.8. The average molecular weight is 650 g/mol. The molecule has 234 valence electrons. The number of nitrogens with zero attached hydrogens (tertiary/aromatic N) is 5. The lowest BCUT2D eigenvalue weighted by atomic mass is 9.94. The van der Waals surface area contributed by atoms with Crippen molar-refractivity contribution in [1.82, 2.24) is 9.13 Å². The Morgan fingerprint density at radius 3 is 1.78 bits per heavy atom. The first-order valence-electron chi connectivity index (χ1n) is 16.5. The summed E-state index contributed by atoms with van der Waals surface area (Å²) in [6, 6.07) is 50.7. The van der Waals surface area contributed by atoms with Crippen LogP contribution in [-0.4, -0.2) is 9.13 Å². The smallest absolute Gasteiger partial charge is 0.189 e. The second kappa shape index (κ2) is 10.7. The summed E-state index contributed by atoms with van der Waals surface area (Å²) >= 11 is 0. The van der Waals surface area contributed by atoms with Crippen molar-refractivity contribution in [1.29, 1.82) is 10.5 Å². The van der Waals surface area contributed by atoms with E-state index in [2.05, 4.69) is 68.6 Å². The van der Waals surface area contributed by atoms with E-state index in [-0.39, 0.29) is 0 Å². The Morgan fingerprint density at radius 1 is 0.510 bits per heavy atom. The van der Waals surface area contributed by atoms with Crippen molar-refractivity contribution in [2.24, 2.45) is 0 Å². The van der Waals surface area contributed by atoms with Crippen molar-refractivity contribution in [2.45, 2.75) is 0 Å². The molecule has 3 aromatic heterocycles. The molecule has 7 aromatic carbocycles. The van der Waals surface area contributed by atoms with Gasteiger partial charge in [0.1, 0.15) is 17.2 Å². The number of furan rings is 1. The Morgan fingerprint density at radius 2 is 1.12 bits per heavy atom. The zero-order valence-corrected chi connectivity index (χ0v) is 26.9. The van der Waals surface area contributed by atoms with Crippen molar-refractivity contribution in [3.8, 4) is 34.6 Å². The molecule has 6 nitrogen and oxygen atoms in total. The summed E-state index contributed by atoms with van der Waals surface area (Å²) in [7, 11) is 0. The molecule has 10 rings (SSSR count). The van der Waals surface area contributed by atoms with E-state index in [1.165, 1.54) is 0 Å². The minimum atomic E-state index is 0.414. The summed E-state index contributed by atoms with van der Waals surface area (Å²) in [4.78, 5) is 3.77. The average Bonchev–Trinajstić information content (AvgIpc) is 3.85. The van der Waals surface area contributed by atoms with Gasteiger partial charge in [0.05, 0.1) is 56.9 Å². The zero-order valence-electron chi connectivity index (χ0n) is 26.9. The number of hydrogen-bond acceptors (Lipinski definition) is 3. The van der Waals surface area contributed by atoms with Crippen LogP contribution in [0, 0.1) is 29.2 Å². The quantitative estimate of drug-likeness (QED) is 0.179. The summed E-state index contributed by atoms with van der Waals surface area (Å²) in [5.74, 6) is 0. The molecule has 6 heteroatoms. The van der Waals surface area contributed by atoms with Crippen molar-refractivity contribution in [2.75, 3.05) is 0 Å². The van der Waals surface area contributed by atoms with Crippen molar-refractivity contribution in [3.05, 3.63) is 162 Å². The first kappa shape index (κ1) is 28.4. The van der Waals surface area contributed by atoms with E-state index in [1.807, 2.05) is 91.0 Å². The van der Waals surface area contributed by atoms with E-state index in [0.29, 0.717) is 28.1 Å². The molecule has 10 aromatic rings. The van der Waals surface area contributed by atoms with Gasteiger partial charge in [-0.25, -0.2) is 4.85 Å². The Hall–Kier alpha value is -7.59. The summed E-state index contributed by atoms with van der Waals surface area (Å²) in [6.07, 6.45) is 0. The van der Waals surface area contributed by atoms with Gasteiger partial charge in [-0.05, 0) is 54.6 Å². The Kier molecular flexibility index (Phi) is 5.97. The van der Waals surface area contributed by atoms with Crippen LogP contribution in [0.2, 0.25) is 0 Å². The fraction of sp³-hybridized carbons (Fsp3) is 0. The SMILES string of the molecule is [C-]#[N+]c1ccc(-c2cc(C#N)c(-n3c4ccccc4c4ccc5oc6ccccc6c5c43)cc2C#N)c(-n2c3ccccc3c3ccccc32)c1. The molecule has 0 atom stereocenters. The molecule has 0 saturated carbocycles. The third kappa shape index (κ3) is 3.95. The van der Waals surface area contributed by atoms with Gasteiger partial charge in [-0.2, -0.15) is 10.5 Å². The molecule has 0 aliphatic heterocycles. The number of nitriles is 2. The predicted octanol–water partition coefficient (Wildman–Crippen LogP) is 11.7. The van der Waals surface area contributed by atoms with Crippen LogP contribution in [0.5, 0.6) is 0 Å². The van der Waals surface area contributed by atoms with Crippen LogP contribution in [-0.2, 0) is 0 Å². The molecular formula is C45H23N5O. The van der Waals surface area contributed by atoms with Crippen LogP contribution in [0.25, 0.3) is 92.9 Å². The summed E-state index contributed by atoms with van der Waals surface area (Å²) in [5.41, 5.74) is 9.39. The van der Waals surface area contributed by atoms with Crippen LogP contribution in [0.1, 0.15) is 11.1 Å². The number of aromatic nitrogens is 2. The normalized spacial score (nSPS) is 11.5. The van der Waals surface area contributed by atoms with Crippen LogP contribution in [0.4, 0.5) is 5.69 Å². The van der Waals surface area contributed by atoms with Crippen LogP contribution in [0.3, 0.4) is 0 Å². The molecule has 0 aliphatic rings. The van der Waals surface area contributed by atoms with Gasteiger partial charge < -0.3 is 13.6 Å². The van der Waals surface area contributed by atoms with Crippen LogP contribution < -0.4 is 0 Å². The van der Waals surface area contributed by atoms with Gasteiger partial charge >= 0.3 is 0 Å². The fourth-order valence-corrected chi connectivity index (χ4v) is 7.88. The van der Waals surface area contributed by atoms with E-state index in [1.54, 1.807) is 6.07 Å².